The number of benzene rings is 6. The van der Waals surface area contributed by atoms with Gasteiger partial charge in [-0.3, -0.25) is 80.4 Å². The number of hydrogen-bond donors (Lipinski definition) is 16. The molecule has 0 spiro atoms. The zero-order valence-corrected chi connectivity index (χ0v) is 66.4. The number of aromatic amines is 12. The lowest BCUT2D eigenvalue weighted by Crippen LogP contribution is -2.14. The Hall–Kier alpha value is -15.6. The molecular formula is C83H70F10N30O4. The summed E-state index contributed by atoms with van der Waals surface area (Å²) in [7, 11) is 0. The molecule has 0 amide bonds. The first-order valence-corrected chi connectivity index (χ1v) is 40.3. The molecule has 3 fully saturated rings. The van der Waals surface area contributed by atoms with Gasteiger partial charge in [0, 0.05) is 73.8 Å². The molecular weight excluding hydrogens is 1670 g/mol. The van der Waals surface area contributed by atoms with Gasteiger partial charge in [-0.2, -0.15) is 80.2 Å². The minimum absolute atomic E-state index is 0.0382. The molecule has 0 unspecified atom stereocenters. The van der Waals surface area contributed by atoms with E-state index < -0.39 is 73.9 Å². The second-order valence-electron chi connectivity index (χ2n) is 31.2. The first-order valence-electron chi connectivity index (χ1n) is 40.3. The van der Waals surface area contributed by atoms with Crippen LogP contribution in [0.2, 0.25) is 0 Å². The zero-order valence-electron chi connectivity index (χ0n) is 66.4. The van der Waals surface area contributed by atoms with Crippen molar-refractivity contribution in [1.82, 2.24) is 132 Å². The van der Waals surface area contributed by atoms with E-state index in [2.05, 4.69) is 153 Å². The van der Waals surface area contributed by atoms with Gasteiger partial charge < -0.3 is 21.3 Å². The second-order valence-corrected chi connectivity index (χ2v) is 31.2. The Labute approximate surface area is 704 Å². The van der Waals surface area contributed by atoms with Crippen molar-refractivity contribution in [3.63, 3.8) is 0 Å². The lowest BCUT2D eigenvalue weighted by molar-refractivity contribution is -0.136. The third-order valence-corrected chi connectivity index (χ3v) is 22.4. The fourth-order valence-corrected chi connectivity index (χ4v) is 16.1. The second kappa shape index (κ2) is 32.6. The molecule has 22 rings (SSSR count). The molecule has 0 atom stereocenters. The van der Waals surface area contributed by atoms with E-state index in [9.17, 15) is 63.1 Å². The first-order chi connectivity index (χ1) is 61.3. The summed E-state index contributed by atoms with van der Waals surface area (Å²) in [5.41, 5.74) is 1.83. The molecule has 3 saturated carbocycles. The van der Waals surface area contributed by atoms with E-state index in [1.165, 1.54) is 54.6 Å². The van der Waals surface area contributed by atoms with Crippen LogP contribution >= 0.6 is 0 Å². The monoisotopic (exact) mass is 1740 g/mol. The van der Waals surface area contributed by atoms with Gasteiger partial charge in [-0.1, -0.05) is 43.9 Å². The van der Waals surface area contributed by atoms with Gasteiger partial charge in [0.25, 0.3) is 22.2 Å². The molecule has 4 aliphatic carbocycles. The van der Waals surface area contributed by atoms with Crippen LogP contribution in [0.4, 0.5) is 90.3 Å². The van der Waals surface area contributed by atoms with Crippen molar-refractivity contribution in [2.45, 2.75) is 133 Å². The molecule has 18 aromatic rings. The number of nitrogens with one attached hydrogen (secondary N) is 16. The number of para-hydroxylation sites is 1. The number of hydrogen-bond acceptors (Lipinski definition) is 22. The van der Waals surface area contributed by atoms with Crippen molar-refractivity contribution in [2.24, 2.45) is 0 Å². The number of rotatable bonds is 15. The van der Waals surface area contributed by atoms with Gasteiger partial charge in [0.15, 0.2) is 34.9 Å². The Bertz CT molecular complexity index is 7490. The van der Waals surface area contributed by atoms with Crippen molar-refractivity contribution in [1.29, 1.82) is 0 Å². The molecule has 127 heavy (non-hydrogen) atoms. The molecule has 4 aliphatic rings. The van der Waals surface area contributed by atoms with Crippen LogP contribution in [0.25, 0.3) is 111 Å². The predicted octanol–water partition coefficient (Wildman–Crippen LogP) is 16.8. The summed E-state index contributed by atoms with van der Waals surface area (Å²) < 4.78 is 141. The van der Waals surface area contributed by atoms with Gasteiger partial charge in [-0.05, 0) is 162 Å². The van der Waals surface area contributed by atoms with Crippen molar-refractivity contribution in [3.8, 4) is 45.3 Å². The molecule has 12 aromatic heterocycles. The van der Waals surface area contributed by atoms with Gasteiger partial charge in [-0.25, -0.2) is 19.3 Å². The fraction of sp³-hybridized carbons (Fsp3) is 0.253. The summed E-state index contributed by atoms with van der Waals surface area (Å²) in [6, 6.07) is 30.4. The van der Waals surface area contributed by atoms with Gasteiger partial charge in [0.05, 0.1) is 106 Å². The van der Waals surface area contributed by atoms with Gasteiger partial charge in [-0.15, -0.1) is 15.3 Å². The van der Waals surface area contributed by atoms with Crippen molar-refractivity contribution in [2.75, 3.05) is 21.3 Å². The average Bonchev–Trinajstić information content (AvgIpc) is 1.67. The molecule has 6 aromatic carbocycles. The van der Waals surface area contributed by atoms with Crippen LogP contribution in [0.5, 0.6) is 0 Å². The molecule has 646 valence electrons. The number of anilines is 8. The Kier molecular flexibility index (Phi) is 20.8. The van der Waals surface area contributed by atoms with Crippen LogP contribution in [0, 0.1) is 12.7 Å². The van der Waals surface area contributed by atoms with E-state index >= 15 is 0 Å². The highest BCUT2D eigenvalue weighted by atomic mass is 19.4. The third-order valence-electron chi connectivity index (χ3n) is 22.4. The Balaban J connectivity index is 0.000000112. The Morgan fingerprint density at radius 2 is 0.984 bits per heavy atom. The molecule has 16 N–H and O–H groups in total. The topological polar surface area (TPSA) is 486 Å². The van der Waals surface area contributed by atoms with E-state index in [0.29, 0.717) is 92.7 Å². The van der Waals surface area contributed by atoms with Crippen LogP contribution < -0.4 is 43.5 Å². The molecule has 34 nitrogen and oxygen atoms in total. The molecule has 0 aliphatic heterocycles. The molecule has 12 heterocycles. The van der Waals surface area contributed by atoms with E-state index in [-0.39, 0.29) is 73.8 Å². The summed E-state index contributed by atoms with van der Waals surface area (Å²) in [6.07, 6.45) is 0.137. The largest absolute Gasteiger partial charge is 0.417 e. The summed E-state index contributed by atoms with van der Waals surface area (Å²) in [5.74, 6) is 3.11. The minimum atomic E-state index is -4.82. The number of alkyl halides is 9. The van der Waals surface area contributed by atoms with Gasteiger partial charge >= 0.3 is 18.5 Å². The van der Waals surface area contributed by atoms with Crippen molar-refractivity contribution in [3.05, 3.63) is 220 Å². The standard InChI is InChI=1S/C25H21F4N7O.C22H21F3N8O.C21H15F3N8O.C15H13N7O/c26-13-6-8-16-15(10-13)23(35-31-16)30-19-11-18(33-34-22(19)12-4-2-1-3-5-12)14-7-9-17-20(24(37)36-32-17)21(14)25(27,28)29;23-22(24,25)16-12(8-9-14-15(16)20(34)32-30-14)19-26-13-5-3-1-2-4-11(13)18(27-19)29-21-28-17(31-33-21)10-6-7-10;22-21(23,24)15-11(7-8-13-14(15)20(33)32-28-13)18-26-19(16(29-31-18)9-5-6-9)25-17-10-3-1-2-4-12(10)27-30-17;1-8-4-14(21-18-8)17-10-6-13(19-16-7-10)9-2-3-12-11(5-9)15(23)22-20-12/h6-12H,1-5H2,(H2,32,36,37)(H2,30,31,33,35);8-10H,1-7H2,(H2,30,32,34)(H2,26,27,28,29,31,33);1-4,7-9H,5-6H2,(H2,28,32,33)(H2,25,26,27,30,31);2-7H,1H3,(H2,20,22,23)(H2,17,18,19,21). The smallest absolute Gasteiger partial charge is 0.337 e. The van der Waals surface area contributed by atoms with Crippen LogP contribution in [0.3, 0.4) is 0 Å². The summed E-state index contributed by atoms with van der Waals surface area (Å²) >= 11 is 0. The highest BCUT2D eigenvalue weighted by Crippen LogP contribution is 2.48. The van der Waals surface area contributed by atoms with E-state index in [4.69, 9.17) is 0 Å². The zero-order chi connectivity index (χ0) is 87.7. The van der Waals surface area contributed by atoms with Crippen molar-refractivity contribution >= 4 is 112 Å². The van der Waals surface area contributed by atoms with Crippen LogP contribution in [-0.4, -0.2) is 132 Å². The number of fused-ring (bicyclic) bond motifs is 7. The maximum atomic E-state index is 14.2. The summed E-state index contributed by atoms with van der Waals surface area (Å²) in [6.45, 7) is 1.93. The highest BCUT2D eigenvalue weighted by molar-refractivity contribution is 5.95. The third kappa shape index (κ3) is 16.5. The van der Waals surface area contributed by atoms with E-state index in [1.807, 2.05) is 55.5 Å². The first kappa shape index (κ1) is 81.1. The summed E-state index contributed by atoms with van der Waals surface area (Å²) in [4.78, 5) is 66.3. The van der Waals surface area contributed by atoms with Gasteiger partial charge in [0.1, 0.15) is 23.2 Å². The Morgan fingerprint density at radius 3 is 1.65 bits per heavy atom. The number of aromatic nitrogens is 26. The lowest BCUT2D eigenvalue weighted by atomic mass is 9.86. The van der Waals surface area contributed by atoms with E-state index in [1.54, 1.807) is 18.3 Å². The molecule has 0 bridgehead atoms. The average molecular weight is 1740 g/mol. The lowest BCUT2D eigenvalue weighted by Gasteiger charge is -2.23. The summed E-state index contributed by atoms with van der Waals surface area (Å²) in [5, 5.41) is 85.7. The predicted molar refractivity (Wildman–Crippen MR) is 449 cm³/mol. The number of halogens is 10. The molecule has 0 saturated heterocycles. The van der Waals surface area contributed by atoms with Crippen LogP contribution in [0.1, 0.15) is 146 Å². The normalized spacial score (nSPS) is 14.5. The van der Waals surface area contributed by atoms with Gasteiger partial charge in [0.2, 0.25) is 5.95 Å². The quantitative estimate of drug-likeness (QED) is 0.0335. The fourth-order valence-electron chi connectivity index (χ4n) is 16.1. The number of H-pyrrole nitrogens is 12. The Morgan fingerprint density at radius 1 is 0.402 bits per heavy atom. The molecule has 0 radical (unpaired) electrons. The molecule has 44 heteroatoms. The van der Waals surface area contributed by atoms with Crippen LogP contribution in [0.15, 0.2) is 141 Å². The maximum absolute atomic E-state index is 14.2. The maximum Gasteiger partial charge on any atom is 0.417 e. The number of aryl methyl sites for hydroxylation is 2. The SMILES string of the molecule is Cc1cc(Nc2cnnc(-c3ccc4[nH][nH]c(=O)c4c3)c2)n[nH]1.O=c1[nH][nH]c2ccc(-c3cc(Nc4n[nH]c5ccc(F)cc45)c(C4CCCCC4)nn3)c(C(F)(F)F)c12.O=c1[nH][nH]c2ccc(-c3nc4c(c(Nc5n[nH]c(C6CC6)n5)n3)CCCCC4)c(C(F)(F)F)c12.O=c1[nH][nH]c2ccc(-c3nnc(C4CC4)c(Nc4n[nH]c5ccccc45)n3)c(C(F)(F)F)c12. The van der Waals surface area contributed by atoms with E-state index in [0.717, 1.165) is 122 Å². The van der Waals surface area contributed by atoms with Crippen LogP contribution in [-0.2, 0) is 31.4 Å². The highest BCUT2D eigenvalue weighted by Gasteiger charge is 2.42. The number of nitrogens with zero attached hydrogens (tertiary/aromatic N) is 14. The van der Waals surface area contributed by atoms with Crippen molar-refractivity contribution < 1.29 is 43.9 Å². The minimum Gasteiger partial charge on any atom is -0.337 e.